The molecule has 7 heteroatoms. The number of fused-ring (bicyclic) bond motifs is 4. The average Bonchev–Trinajstić information content (AvgIpc) is 2.55. The minimum atomic E-state index is 0.0925. The van der Waals surface area contributed by atoms with Crippen LogP contribution >= 0.6 is 35.4 Å². The summed E-state index contributed by atoms with van der Waals surface area (Å²) >= 11 is 17.7. The number of nitrogens with one attached hydrogen (secondary N) is 1. The molecule has 0 radical (unpaired) electrons. The Balaban J connectivity index is 1.53. The second kappa shape index (κ2) is 6.63. The van der Waals surface area contributed by atoms with Gasteiger partial charge in [-0.1, -0.05) is 29.3 Å². The van der Waals surface area contributed by atoms with Gasteiger partial charge in [-0.3, -0.25) is 4.79 Å². The molecule has 130 valence electrons. The van der Waals surface area contributed by atoms with Gasteiger partial charge >= 0.3 is 0 Å². The van der Waals surface area contributed by atoms with Gasteiger partial charge in [0, 0.05) is 53.0 Å². The number of benzene rings is 1. The van der Waals surface area contributed by atoms with Crippen molar-refractivity contribution in [2.24, 2.45) is 5.92 Å². The van der Waals surface area contributed by atoms with Gasteiger partial charge in [0.1, 0.15) is 0 Å². The molecule has 1 N–H and O–H groups in total. The lowest BCUT2D eigenvalue weighted by molar-refractivity contribution is 0.180. The van der Waals surface area contributed by atoms with Crippen LogP contribution in [0.25, 0.3) is 0 Å². The molecule has 2 bridgehead atoms. The molecule has 3 heterocycles. The van der Waals surface area contributed by atoms with Gasteiger partial charge in [0.05, 0.1) is 0 Å². The Morgan fingerprint density at radius 3 is 2.64 bits per heavy atom. The van der Waals surface area contributed by atoms with Gasteiger partial charge in [0.2, 0.25) is 0 Å². The maximum absolute atomic E-state index is 12.1. The summed E-state index contributed by atoms with van der Waals surface area (Å²) in [7, 11) is 0. The van der Waals surface area contributed by atoms with Crippen LogP contribution in [0.1, 0.15) is 18.0 Å². The Bertz CT molecular complexity index is 878. The third-order valence-electron chi connectivity index (χ3n) is 4.88. The molecule has 4 nitrogen and oxygen atoms in total. The molecule has 1 aromatic heterocycles. The topological polar surface area (TPSA) is 37.3 Å². The molecule has 4 rings (SSSR count). The summed E-state index contributed by atoms with van der Waals surface area (Å²) in [5.74, 6) is 0.748. The third kappa shape index (κ3) is 3.41. The molecule has 1 fully saturated rings. The minimum Gasteiger partial charge on any atom is -0.348 e. The molecule has 1 saturated heterocycles. The number of nitrogens with zero attached hydrogens (tertiary/aromatic N) is 2. The van der Waals surface area contributed by atoms with Crippen LogP contribution in [0.4, 0.5) is 5.69 Å². The average molecular weight is 394 g/mol. The van der Waals surface area contributed by atoms with E-state index < -0.39 is 0 Å². The number of halogens is 2. The first-order valence-corrected chi connectivity index (χ1v) is 9.38. The van der Waals surface area contributed by atoms with E-state index in [1.54, 1.807) is 24.3 Å². The standard InChI is InChI=1S/C18H17Cl2N3OS/c19-13-5-14(20)7-15(6-13)21-18(25)22-8-11-4-12(10-22)16-2-1-3-17(24)23(16)9-11/h1-3,5-7,11-12H,4,8-10H2,(H,21,25)/t11-,12+/m1/s1. The van der Waals surface area contributed by atoms with E-state index in [9.17, 15) is 4.79 Å². The van der Waals surface area contributed by atoms with Crippen LogP contribution in [0.3, 0.4) is 0 Å². The lowest BCUT2D eigenvalue weighted by Gasteiger charge is -2.43. The molecule has 1 aromatic carbocycles. The quantitative estimate of drug-likeness (QED) is 0.743. The number of anilines is 1. The smallest absolute Gasteiger partial charge is 0.250 e. The Morgan fingerprint density at radius 1 is 1.12 bits per heavy atom. The maximum atomic E-state index is 12.1. The van der Waals surface area contributed by atoms with Crippen molar-refractivity contribution in [2.75, 3.05) is 18.4 Å². The summed E-state index contributed by atoms with van der Waals surface area (Å²) in [5, 5.41) is 5.05. The second-order valence-electron chi connectivity index (χ2n) is 6.69. The normalized spacial score (nSPS) is 21.6. The van der Waals surface area contributed by atoms with Gasteiger partial charge < -0.3 is 14.8 Å². The number of aromatic nitrogens is 1. The molecule has 0 spiro atoms. The zero-order valence-corrected chi connectivity index (χ0v) is 15.7. The van der Waals surface area contributed by atoms with Crippen LogP contribution in [0.15, 0.2) is 41.2 Å². The number of hydrogen-bond acceptors (Lipinski definition) is 2. The number of pyridine rings is 1. The maximum Gasteiger partial charge on any atom is 0.250 e. The fourth-order valence-corrected chi connectivity index (χ4v) is 4.68. The lowest BCUT2D eigenvalue weighted by atomic mass is 9.83. The predicted octanol–water partition coefficient (Wildman–Crippen LogP) is 3.97. The molecule has 25 heavy (non-hydrogen) atoms. The Hall–Kier alpha value is -1.56. The molecule has 2 aromatic rings. The summed E-state index contributed by atoms with van der Waals surface area (Å²) in [6.07, 6.45) is 1.10. The zero-order chi connectivity index (χ0) is 17.6. The molecule has 2 aliphatic heterocycles. The molecule has 0 unspecified atom stereocenters. The van der Waals surface area contributed by atoms with E-state index in [1.807, 2.05) is 10.6 Å². The van der Waals surface area contributed by atoms with Crippen LogP contribution < -0.4 is 10.9 Å². The number of hydrogen-bond donors (Lipinski definition) is 1. The van der Waals surface area contributed by atoms with Gasteiger partial charge in [0.25, 0.3) is 5.56 Å². The van der Waals surface area contributed by atoms with E-state index in [0.29, 0.717) is 27.0 Å². The van der Waals surface area contributed by atoms with Crippen molar-refractivity contribution in [2.45, 2.75) is 18.9 Å². The highest BCUT2D eigenvalue weighted by molar-refractivity contribution is 7.80. The van der Waals surface area contributed by atoms with Gasteiger partial charge in [-0.15, -0.1) is 0 Å². The number of piperidine rings is 1. The molecule has 0 amide bonds. The highest BCUT2D eigenvalue weighted by Gasteiger charge is 2.35. The molecular weight excluding hydrogens is 377 g/mol. The van der Waals surface area contributed by atoms with Crippen LogP contribution in [-0.4, -0.2) is 27.7 Å². The summed E-state index contributed by atoms with van der Waals surface area (Å²) in [6.45, 7) is 2.41. The summed E-state index contributed by atoms with van der Waals surface area (Å²) < 4.78 is 1.92. The van der Waals surface area contributed by atoms with Crippen molar-refractivity contribution in [3.8, 4) is 0 Å². The molecule has 2 atom stereocenters. The SMILES string of the molecule is O=c1cccc2n1C[C@@H]1C[C@H]2CN(C(=S)Nc2cc(Cl)cc(Cl)c2)C1. The monoisotopic (exact) mass is 393 g/mol. The number of rotatable bonds is 1. The summed E-state index contributed by atoms with van der Waals surface area (Å²) in [5.41, 5.74) is 1.99. The van der Waals surface area contributed by atoms with Crippen LogP contribution in [-0.2, 0) is 6.54 Å². The first-order chi connectivity index (χ1) is 12.0. The van der Waals surface area contributed by atoms with Gasteiger partial charge in [-0.25, -0.2) is 0 Å². The van der Waals surface area contributed by atoms with E-state index in [1.165, 1.54) is 0 Å². The van der Waals surface area contributed by atoms with Crippen LogP contribution in [0.2, 0.25) is 10.0 Å². The van der Waals surface area contributed by atoms with Crippen LogP contribution in [0, 0.1) is 5.92 Å². The predicted molar refractivity (Wildman–Crippen MR) is 106 cm³/mol. The fraction of sp³-hybridized carbons (Fsp3) is 0.333. The van der Waals surface area contributed by atoms with E-state index in [2.05, 4.69) is 16.3 Å². The fourth-order valence-electron chi connectivity index (χ4n) is 3.89. The van der Waals surface area contributed by atoms with Gasteiger partial charge in [-0.2, -0.15) is 0 Å². The zero-order valence-electron chi connectivity index (χ0n) is 13.4. The second-order valence-corrected chi connectivity index (χ2v) is 7.95. The Kier molecular flexibility index (Phi) is 4.48. The van der Waals surface area contributed by atoms with Crippen molar-refractivity contribution in [1.82, 2.24) is 9.47 Å². The van der Waals surface area contributed by atoms with Crippen molar-refractivity contribution >= 4 is 46.2 Å². The Labute approximate surface area is 161 Å². The first-order valence-electron chi connectivity index (χ1n) is 8.21. The summed E-state index contributed by atoms with van der Waals surface area (Å²) in [4.78, 5) is 14.3. The van der Waals surface area contributed by atoms with E-state index in [-0.39, 0.29) is 5.56 Å². The molecule has 0 saturated carbocycles. The van der Waals surface area contributed by atoms with E-state index in [0.717, 1.165) is 37.4 Å². The highest BCUT2D eigenvalue weighted by Crippen LogP contribution is 2.35. The van der Waals surface area contributed by atoms with Gasteiger partial charge in [0.15, 0.2) is 5.11 Å². The third-order valence-corrected chi connectivity index (χ3v) is 5.68. The van der Waals surface area contributed by atoms with Crippen LogP contribution in [0.5, 0.6) is 0 Å². The summed E-state index contributed by atoms with van der Waals surface area (Å²) in [6, 6.07) is 10.8. The highest BCUT2D eigenvalue weighted by atomic mass is 35.5. The van der Waals surface area contributed by atoms with E-state index in [4.69, 9.17) is 35.4 Å². The van der Waals surface area contributed by atoms with E-state index >= 15 is 0 Å². The van der Waals surface area contributed by atoms with Crippen molar-refractivity contribution in [3.05, 3.63) is 62.5 Å². The number of thiocarbonyl (C=S) groups is 1. The molecular formula is C18H17Cl2N3OS. The minimum absolute atomic E-state index is 0.0925. The van der Waals surface area contributed by atoms with Crippen molar-refractivity contribution in [1.29, 1.82) is 0 Å². The largest absolute Gasteiger partial charge is 0.348 e. The first kappa shape index (κ1) is 16.9. The lowest BCUT2D eigenvalue weighted by Crippen LogP contribution is -2.50. The number of likely N-dealkylation sites (tertiary alicyclic amines) is 1. The Morgan fingerprint density at radius 2 is 1.88 bits per heavy atom. The van der Waals surface area contributed by atoms with Crippen molar-refractivity contribution in [3.63, 3.8) is 0 Å². The molecule has 2 aliphatic rings. The van der Waals surface area contributed by atoms with Gasteiger partial charge in [-0.05, 0) is 48.8 Å². The molecule has 0 aliphatic carbocycles. The van der Waals surface area contributed by atoms with Crippen molar-refractivity contribution < 1.29 is 0 Å².